The molecule has 0 aliphatic carbocycles. The topological polar surface area (TPSA) is 40.5 Å². The highest BCUT2D eigenvalue weighted by Gasteiger charge is 2.40. The molecule has 1 fully saturated rings. The summed E-state index contributed by atoms with van der Waals surface area (Å²) in [5, 5.41) is 9.93. The number of rotatable bonds is 1. The van der Waals surface area contributed by atoms with E-state index in [1.807, 2.05) is 18.9 Å². The second-order valence-corrected chi connectivity index (χ2v) is 5.24. The number of Topliss-reactive ketones (excluding diaryl/α,β-unsaturated/α-hetero) is 1. The van der Waals surface area contributed by atoms with Crippen LogP contribution in [-0.4, -0.2) is 35.0 Å². The van der Waals surface area contributed by atoms with Crippen molar-refractivity contribution < 1.29 is 9.90 Å². The quantitative estimate of drug-likeness (QED) is 0.849. The van der Waals surface area contributed by atoms with Crippen molar-refractivity contribution in [3.63, 3.8) is 0 Å². The molecule has 0 saturated carbocycles. The summed E-state index contributed by atoms with van der Waals surface area (Å²) in [7, 11) is 1.95. The molecule has 1 N–H and O–H groups in total. The molecule has 0 spiro atoms. The molecular formula is C14H20ClNO2. The Morgan fingerprint density at radius 1 is 1.33 bits per heavy atom. The fourth-order valence-corrected chi connectivity index (χ4v) is 2.40. The van der Waals surface area contributed by atoms with E-state index in [0.29, 0.717) is 13.0 Å². The first-order valence-corrected chi connectivity index (χ1v) is 5.92. The van der Waals surface area contributed by atoms with Crippen molar-refractivity contribution >= 4 is 18.2 Å². The number of aryl methyl sites for hydroxylation is 1. The number of hydrogen-bond acceptors (Lipinski definition) is 3. The number of β-amino-alcohol motifs (C(OH)–C–C–N with tert-alkyl or cyclic N) is 1. The molecule has 1 aromatic rings. The van der Waals surface area contributed by atoms with Crippen LogP contribution >= 0.6 is 12.4 Å². The summed E-state index contributed by atoms with van der Waals surface area (Å²) in [4.78, 5) is 13.9. The van der Waals surface area contributed by atoms with E-state index < -0.39 is 5.60 Å². The Morgan fingerprint density at radius 3 is 2.44 bits per heavy atom. The maximum atomic E-state index is 11.8. The molecule has 4 heteroatoms. The summed E-state index contributed by atoms with van der Waals surface area (Å²) in [5.41, 5.74) is 1.16. The lowest BCUT2D eigenvalue weighted by Crippen LogP contribution is -2.52. The van der Waals surface area contributed by atoms with E-state index in [9.17, 15) is 9.90 Å². The Balaban J connectivity index is 0.00000162. The average molecular weight is 270 g/mol. The van der Waals surface area contributed by atoms with Crippen LogP contribution in [0.3, 0.4) is 0 Å². The van der Waals surface area contributed by atoms with Crippen molar-refractivity contribution in [1.82, 2.24) is 4.90 Å². The van der Waals surface area contributed by atoms with Gasteiger partial charge in [-0.3, -0.25) is 9.69 Å². The molecule has 2 rings (SSSR count). The number of benzene rings is 1. The molecule has 0 amide bonds. The largest absolute Gasteiger partial charge is 0.381 e. The van der Waals surface area contributed by atoms with Crippen LogP contribution in [0.2, 0.25) is 0 Å². The Bertz CT molecular complexity index is 428. The van der Waals surface area contributed by atoms with Crippen molar-refractivity contribution in [2.24, 2.45) is 0 Å². The molecule has 1 saturated heterocycles. The molecule has 1 aromatic carbocycles. The zero-order valence-corrected chi connectivity index (χ0v) is 11.8. The third kappa shape index (κ3) is 2.91. The number of ketones is 1. The highest BCUT2D eigenvalue weighted by molar-refractivity contribution is 5.88. The normalized spacial score (nSPS) is 28.9. The van der Waals surface area contributed by atoms with E-state index in [-0.39, 0.29) is 24.2 Å². The van der Waals surface area contributed by atoms with Crippen LogP contribution in [0.25, 0.3) is 0 Å². The summed E-state index contributed by atoms with van der Waals surface area (Å²) in [6.07, 6.45) is 0.382. The Hall–Kier alpha value is -0.900. The zero-order chi connectivity index (χ0) is 12.6. The lowest BCUT2D eigenvalue weighted by Gasteiger charge is -2.39. The maximum Gasteiger partial charge on any atom is 0.167 e. The van der Waals surface area contributed by atoms with Crippen LogP contribution < -0.4 is 0 Å². The van der Waals surface area contributed by atoms with Crippen LogP contribution in [0, 0.1) is 6.92 Å². The minimum atomic E-state index is -1.20. The first kappa shape index (κ1) is 15.2. The van der Waals surface area contributed by atoms with Gasteiger partial charge in [0, 0.05) is 19.0 Å². The van der Waals surface area contributed by atoms with Gasteiger partial charge in [0.25, 0.3) is 0 Å². The Labute approximate surface area is 114 Å². The number of carbonyl (C=O) groups excluding carboxylic acids is 1. The molecule has 2 atom stereocenters. The van der Waals surface area contributed by atoms with E-state index in [0.717, 1.165) is 5.56 Å². The number of hydrogen-bond donors (Lipinski definition) is 1. The molecule has 3 nitrogen and oxygen atoms in total. The summed E-state index contributed by atoms with van der Waals surface area (Å²) in [6.45, 7) is 4.03. The highest BCUT2D eigenvalue weighted by atomic mass is 35.5. The van der Waals surface area contributed by atoms with Crippen molar-refractivity contribution in [3.05, 3.63) is 35.4 Å². The summed E-state index contributed by atoms with van der Waals surface area (Å²) in [5.74, 6) is -0.0684. The van der Waals surface area contributed by atoms with Crippen LogP contribution in [0.15, 0.2) is 24.3 Å². The van der Waals surface area contributed by atoms with E-state index in [4.69, 9.17) is 0 Å². The first-order chi connectivity index (χ1) is 7.90. The van der Waals surface area contributed by atoms with Gasteiger partial charge in [-0.15, -0.1) is 12.4 Å². The van der Waals surface area contributed by atoms with Gasteiger partial charge in [-0.1, -0.05) is 29.8 Å². The minimum absolute atomic E-state index is 0. The van der Waals surface area contributed by atoms with Gasteiger partial charge in [-0.25, -0.2) is 0 Å². The van der Waals surface area contributed by atoms with Crippen molar-refractivity contribution in [3.8, 4) is 0 Å². The molecule has 0 unspecified atom stereocenters. The molecule has 1 aliphatic rings. The number of nitrogens with zero attached hydrogens (tertiary/aromatic N) is 1. The number of likely N-dealkylation sites (N-methyl/N-ethyl adjacent to an activating group) is 1. The molecule has 0 radical (unpaired) electrons. The monoisotopic (exact) mass is 269 g/mol. The van der Waals surface area contributed by atoms with E-state index in [1.165, 1.54) is 5.56 Å². The van der Waals surface area contributed by atoms with E-state index in [1.54, 1.807) is 6.92 Å². The van der Waals surface area contributed by atoms with E-state index >= 15 is 0 Å². The predicted octanol–water partition coefficient (Wildman–Crippen LogP) is 2.11. The van der Waals surface area contributed by atoms with Crippen molar-refractivity contribution in [1.29, 1.82) is 0 Å². The Morgan fingerprint density at radius 2 is 1.89 bits per heavy atom. The predicted molar refractivity (Wildman–Crippen MR) is 74.0 cm³/mol. The van der Waals surface area contributed by atoms with Gasteiger partial charge in [0.15, 0.2) is 5.78 Å². The van der Waals surface area contributed by atoms with Gasteiger partial charge in [0.2, 0.25) is 0 Å². The molecule has 18 heavy (non-hydrogen) atoms. The first-order valence-electron chi connectivity index (χ1n) is 5.92. The number of halogens is 1. The maximum absolute atomic E-state index is 11.8. The fraction of sp³-hybridized carbons (Fsp3) is 0.500. The van der Waals surface area contributed by atoms with Crippen molar-refractivity contribution in [2.45, 2.75) is 31.9 Å². The second kappa shape index (κ2) is 5.39. The molecule has 100 valence electrons. The van der Waals surface area contributed by atoms with Gasteiger partial charge in [-0.2, -0.15) is 0 Å². The molecule has 0 aromatic heterocycles. The van der Waals surface area contributed by atoms with Gasteiger partial charge >= 0.3 is 0 Å². The van der Waals surface area contributed by atoms with Crippen LogP contribution in [-0.2, 0) is 4.79 Å². The van der Waals surface area contributed by atoms with Gasteiger partial charge < -0.3 is 5.11 Å². The van der Waals surface area contributed by atoms with Crippen LogP contribution in [0.5, 0.6) is 0 Å². The lowest BCUT2D eigenvalue weighted by atomic mass is 9.86. The minimum Gasteiger partial charge on any atom is -0.381 e. The third-order valence-electron chi connectivity index (χ3n) is 3.53. The fourth-order valence-electron chi connectivity index (χ4n) is 2.40. The zero-order valence-electron chi connectivity index (χ0n) is 11.0. The van der Waals surface area contributed by atoms with E-state index in [2.05, 4.69) is 24.3 Å². The third-order valence-corrected chi connectivity index (χ3v) is 3.53. The number of carbonyl (C=O) groups is 1. The number of aliphatic hydroxyl groups is 1. The standard InChI is InChI=1S/C14H19NO2.ClH/c1-10-4-6-11(7-5-10)12-8-13(16)14(2,17)9-15(12)3;/h4-7,12,17H,8-9H2,1-3H3;1H/t12-,14+;/m0./s1. The number of piperidine rings is 1. The van der Waals surface area contributed by atoms with Crippen molar-refractivity contribution in [2.75, 3.05) is 13.6 Å². The molecule has 0 bridgehead atoms. The summed E-state index contributed by atoms with van der Waals surface area (Å²) >= 11 is 0. The smallest absolute Gasteiger partial charge is 0.167 e. The van der Waals surface area contributed by atoms with Gasteiger partial charge in [-0.05, 0) is 26.5 Å². The summed E-state index contributed by atoms with van der Waals surface area (Å²) in [6, 6.07) is 8.32. The average Bonchev–Trinajstić information content (AvgIpc) is 2.24. The summed E-state index contributed by atoms with van der Waals surface area (Å²) < 4.78 is 0. The molecular weight excluding hydrogens is 250 g/mol. The molecule has 1 heterocycles. The van der Waals surface area contributed by atoms with Crippen LogP contribution in [0.1, 0.15) is 30.5 Å². The van der Waals surface area contributed by atoms with Crippen LogP contribution in [0.4, 0.5) is 0 Å². The highest BCUT2D eigenvalue weighted by Crippen LogP contribution is 2.31. The molecule has 1 aliphatic heterocycles. The number of likely N-dealkylation sites (tertiary alicyclic amines) is 1. The SMILES string of the molecule is Cc1ccc([C@@H]2CC(=O)[C@](C)(O)CN2C)cc1.Cl. The lowest BCUT2D eigenvalue weighted by molar-refractivity contribution is -0.144. The Kier molecular flexibility index (Phi) is 4.54. The second-order valence-electron chi connectivity index (χ2n) is 5.24. The van der Waals surface area contributed by atoms with Gasteiger partial charge in [0.05, 0.1) is 0 Å². The van der Waals surface area contributed by atoms with Gasteiger partial charge in [0.1, 0.15) is 5.60 Å².